The number of aliphatic carboxylic acids is 2. The Hall–Kier alpha value is -3.98. The van der Waals surface area contributed by atoms with Crippen molar-refractivity contribution in [2.75, 3.05) is 19.6 Å². The van der Waals surface area contributed by atoms with E-state index in [1.807, 2.05) is 0 Å². The molecule has 1 saturated heterocycles. The van der Waals surface area contributed by atoms with Crippen LogP contribution in [0, 0.1) is 17.1 Å². The van der Waals surface area contributed by atoms with Crippen molar-refractivity contribution in [3.8, 4) is 11.8 Å². The molecule has 1 aromatic carbocycles. The highest BCUT2D eigenvalue weighted by Gasteiger charge is 2.27. The van der Waals surface area contributed by atoms with Crippen LogP contribution in [0.4, 0.5) is 4.39 Å². The Labute approximate surface area is 181 Å². The number of imidazole rings is 1. The maximum Gasteiger partial charge on any atom is 0.414 e. The fourth-order valence-corrected chi connectivity index (χ4v) is 3.08. The first-order valence-electron chi connectivity index (χ1n) is 9.64. The molecule has 12 heteroatoms. The number of carboxylic acid groups (broad SMARTS) is 2. The maximum absolute atomic E-state index is 13.0. The Morgan fingerprint density at radius 2 is 1.81 bits per heavy atom. The Bertz CT molecular complexity index is 1040. The van der Waals surface area contributed by atoms with E-state index in [0.717, 1.165) is 12.8 Å². The van der Waals surface area contributed by atoms with E-state index in [0.29, 0.717) is 25.3 Å². The second-order valence-electron chi connectivity index (χ2n) is 6.78. The SMILES string of the molecule is N#CC1CCCN1C(=O)CNCCn1ccn(-c2ccc(F)cc2)c1=O.O=C(O)C(=O)O. The van der Waals surface area contributed by atoms with E-state index >= 15 is 0 Å². The van der Waals surface area contributed by atoms with Gasteiger partial charge in [-0.05, 0) is 37.1 Å². The van der Waals surface area contributed by atoms with Crippen LogP contribution in [0.25, 0.3) is 5.69 Å². The van der Waals surface area contributed by atoms with Crippen LogP contribution < -0.4 is 11.0 Å². The molecule has 0 aliphatic carbocycles. The Kier molecular flexibility index (Phi) is 8.67. The molecule has 0 saturated carbocycles. The average molecular weight is 447 g/mol. The first-order valence-corrected chi connectivity index (χ1v) is 9.64. The molecule has 0 radical (unpaired) electrons. The van der Waals surface area contributed by atoms with Gasteiger partial charge in [0.25, 0.3) is 0 Å². The van der Waals surface area contributed by atoms with Crippen LogP contribution in [0.15, 0.2) is 41.5 Å². The molecular formula is C20H22FN5O6. The third kappa shape index (κ3) is 6.51. The van der Waals surface area contributed by atoms with Crippen molar-refractivity contribution in [1.82, 2.24) is 19.4 Å². The highest BCUT2D eigenvalue weighted by atomic mass is 19.1. The molecule has 170 valence electrons. The van der Waals surface area contributed by atoms with Crippen molar-refractivity contribution in [3.05, 3.63) is 53.0 Å². The summed E-state index contributed by atoms with van der Waals surface area (Å²) in [6, 6.07) is 7.52. The van der Waals surface area contributed by atoms with E-state index in [9.17, 15) is 14.0 Å². The monoisotopic (exact) mass is 447 g/mol. The average Bonchev–Trinajstić information content (AvgIpc) is 3.39. The number of likely N-dealkylation sites (tertiary alicyclic amines) is 1. The summed E-state index contributed by atoms with van der Waals surface area (Å²) >= 11 is 0. The lowest BCUT2D eigenvalue weighted by atomic mass is 10.2. The number of halogens is 1. The molecular weight excluding hydrogens is 425 g/mol. The molecule has 1 unspecified atom stereocenters. The van der Waals surface area contributed by atoms with Crippen molar-refractivity contribution in [2.24, 2.45) is 0 Å². The first-order chi connectivity index (χ1) is 15.2. The summed E-state index contributed by atoms with van der Waals surface area (Å²) in [5.74, 6) is -4.10. The van der Waals surface area contributed by atoms with Gasteiger partial charge in [0.05, 0.1) is 18.3 Å². The lowest BCUT2D eigenvalue weighted by Gasteiger charge is -2.19. The van der Waals surface area contributed by atoms with Crippen LogP contribution in [0.5, 0.6) is 0 Å². The minimum atomic E-state index is -1.82. The number of amides is 1. The molecule has 1 aromatic heterocycles. The number of hydrogen-bond acceptors (Lipinski definition) is 6. The third-order valence-electron chi connectivity index (χ3n) is 4.66. The van der Waals surface area contributed by atoms with Crippen molar-refractivity contribution in [2.45, 2.75) is 25.4 Å². The van der Waals surface area contributed by atoms with Crippen molar-refractivity contribution >= 4 is 17.8 Å². The van der Waals surface area contributed by atoms with Crippen molar-refractivity contribution < 1.29 is 29.0 Å². The van der Waals surface area contributed by atoms with E-state index in [1.54, 1.807) is 29.4 Å². The zero-order valence-electron chi connectivity index (χ0n) is 17.0. The van der Waals surface area contributed by atoms with E-state index in [-0.39, 0.29) is 30.0 Å². The number of hydrogen-bond donors (Lipinski definition) is 3. The van der Waals surface area contributed by atoms with Gasteiger partial charge in [-0.25, -0.2) is 18.8 Å². The lowest BCUT2D eigenvalue weighted by molar-refractivity contribution is -0.159. The maximum atomic E-state index is 13.0. The van der Waals surface area contributed by atoms with Crippen LogP contribution in [0.1, 0.15) is 12.8 Å². The predicted molar refractivity (Wildman–Crippen MR) is 108 cm³/mol. The Balaban J connectivity index is 0.000000534. The van der Waals surface area contributed by atoms with Gasteiger partial charge in [0.1, 0.15) is 11.9 Å². The number of rotatable bonds is 6. The van der Waals surface area contributed by atoms with Crippen LogP contribution in [-0.4, -0.2) is 67.8 Å². The number of nitrogens with one attached hydrogen (secondary N) is 1. The molecule has 11 nitrogen and oxygen atoms in total. The molecule has 1 aliphatic heterocycles. The summed E-state index contributed by atoms with van der Waals surface area (Å²) in [6.07, 6.45) is 4.87. The predicted octanol–water partition coefficient (Wildman–Crippen LogP) is 0.0379. The normalized spacial score (nSPS) is 14.9. The summed E-state index contributed by atoms with van der Waals surface area (Å²) in [6.45, 7) is 1.62. The van der Waals surface area contributed by atoms with Gasteiger partial charge in [0.2, 0.25) is 5.91 Å². The fourth-order valence-electron chi connectivity index (χ4n) is 3.08. The number of carbonyl (C=O) groups is 3. The number of benzene rings is 1. The molecule has 2 aromatic rings. The number of carboxylic acids is 2. The number of aromatic nitrogens is 2. The minimum absolute atomic E-state index is 0.0923. The number of carbonyl (C=O) groups excluding carboxylic acids is 1. The van der Waals surface area contributed by atoms with Gasteiger partial charge in [-0.2, -0.15) is 5.26 Å². The quantitative estimate of drug-likeness (QED) is 0.414. The Morgan fingerprint density at radius 1 is 1.16 bits per heavy atom. The van der Waals surface area contributed by atoms with Crippen LogP contribution >= 0.6 is 0 Å². The van der Waals surface area contributed by atoms with Gasteiger partial charge in [0.15, 0.2) is 0 Å². The van der Waals surface area contributed by atoms with E-state index in [4.69, 9.17) is 25.1 Å². The van der Waals surface area contributed by atoms with Crippen LogP contribution in [-0.2, 0) is 20.9 Å². The fraction of sp³-hybridized carbons (Fsp3) is 0.350. The number of nitrogens with zero attached hydrogens (tertiary/aromatic N) is 4. The lowest BCUT2D eigenvalue weighted by Crippen LogP contribution is -2.41. The van der Waals surface area contributed by atoms with Crippen LogP contribution in [0.3, 0.4) is 0 Å². The molecule has 3 rings (SSSR count). The second kappa shape index (κ2) is 11.4. The summed E-state index contributed by atoms with van der Waals surface area (Å²) in [4.78, 5) is 44.3. The highest BCUT2D eigenvalue weighted by molar-refractivity contribution is 6.27. The van der Waals surface area contributed by atoms with E-state index in [1.165, 1.54) is 21.3 Å². The summed E-state index contributed by atoms with van der Waals surface area (Å²) in [7, 11) is 0. The van der Waals surface area contributed by atoms with Gasteiger partial charge >= 0.3 is 17.6 Å². The molecule has 3 N–H and O–H groups in total. The summed E-state index contributed by atoms with van der Waals surface area (Å²) in [5, 5.41) is 26.8. The zero-order valence-corrected chi connectivity index (χ0v) is 17.0. The van der Waals surface area contributed by atoms with Gasteiger partial charge < -0.3 is 20.4 Å². The van der Waals surface area contributed by atoms with Gasteiger partial charge in [0, 0.05) is 32.0 Å². The van der Waals surface area contributed by atoms with Crippen LogP contribution in [0.2, 0.25) is 0 Å². The summed E-state index contributed by atoms with van der Waals surface area (Å²) < 4.78 is 15.9. The smallest absolute Gasteiger partial charge is 0.414 e. The van der Waals surface area contributed by atoms with E-state index < -0.39 is 11.9 Å². The molecule has 1 aliphatic rings. The molecule has 2 heterocycles. The zero-order chi connectivity index (χ0) is 23.7. The third-order valence-corrected chi connectivity index (χ3v) is 4.66. The molecule has 1 atom stereocenters. The minimum Gasteiger partial charge on any atom is -0.473 e. The highest BCUT2D eigenvalue weighted by Crippen LogP contribution is 2.15. The van der Waals surface area contributed by atoms with Crippen molar-refractivity contribution in [3.63, 3.8) is 0 Å². The second-order valence-corrected chi connectivity index (χ2v) is 6.78. The number of nitriles is 1. The standard InChI is InChI=1S/C18H20FN5O2.C2H2O4/c19-14-3-5-15(6-4-14)24-11-10-22(18(24)26)9-7-21-13-17(25)23-8-1-2-16(23)12-20;3-1(4)2(5)6/h3-6,10-11,16,21H,1-2,7-9,13H2;(H,3,4)(H,5,6). The van der Waals surface area contributed by atoms with Gasteiger partial charge in [-0.1, -0.05) is 0 Å². The van der Waals surface area contributed by atoms with Crippen molar-refractivity contribution in [1.29, 1.82) is 5.26 Å². The molecule has 0 bridgehead atoms. The molecule has 1 fully saturated rings. The molecule has 1 amide bonds. The summed E-state index contributed by atoms with van der Waals surface area (Å²) in [5.41, 5.74) is 0.365. The van der Waals surface area contributed by atoms with Gasteiger partial charge in [-0.3, -0.25) is 13.9 Å². The van der Waals surface area contributed by atoms with E-state index in [2.05, 4.69) is 11.4 Å². The molecule has 0 spiro atoms. The largest absolute Gasteiger partial charge is 0.473 e. The molecule has 32 heavy (non-hydrogen) atoms. The first kappa shape index (κ1) is 24.3. The Morgan fingerprint density at radius 3 is 2.41 bits per heavy atom. The topological polar surface area (TPSA) is 158 Å². The van der Waals surface area contributed by atoms with Gasteiger partial charge in [-0.15, -0.1) is 0 Å².